The van der Waals surface area contributed by atoms with E-state index in [1.54, 1.807) is 4.68 Å². The van der Waals surface area contributed by atoms with Crippen molar-refractivity contribution >= 4 is 11.9 Å². The number of ether oxygens (including phenoxy) is 1. The lowest BCUT2D eigenvalue weighted by molar-refractivity contribution is -0.134. The highest BCUT2D eigenvalue weighted by Gasteiger charge is 2.56. The Balaban J connectivity index is 0.000000260. The molecule has 1 aliphatic rings. The van der Waals surface area contributed by atoms with Crippen LogP contribution in [0.1, 0.15) is 12.5 Å². The molecule has 0 bridgehead atoms. The van der Waals surface area contributed by atoms with Gasteiger partial charge in [-0.1, -0.05) is 0 Å². The van der Waals surface area contributed by atoms with Crippen LogP contribution in [0, 0.1) is 11.6 Å². The lowest BCUT2D eigenvalue weighted by atomic mass is 9.95. The predicted octanol–water partition coefficient (Wildman–Crippen LogP) is 1.58. The third-order valence-electron chi connectivity index (χ3n) is 3.60. The molecule has 1 fully saturated rings. The van der Waals surface area contributed by atoms with E-state index < -0.39 is 29.2 Å². The van der Waals surface area contributed by atoms with E-state index in [0.29, 0.717) is 18.7 Å². The van der Waals surface area contributed by atoms with Crippen LogP contribution in [0.25, 0.3) is 0 Å². The van der Waals surface area contributed by atoms with Crippen LogP contribution in [0.5, 0.6) is 0 Å². The molecule has 0 saturated carbocycles. The summed E-state index contributed by atoms with van der Waals surface area (Å²) in [4.78, 5) is 22.9. The van der Waals surface area contributed by atoms with Crippen molar-refractivity contribution in [1.82, 2.24) is 14.8 Å². The van der Waals surface area contributed by atoms with Crippen molar-refractivity contribution in [2.45, 2.75) is 25.2 Å². The molecule has 138 valence electrons. The molecule has 1 aromatic heterocycles. The van der Waals surface area contributed by atoms with Crippen molar-refractivity contribution in [3.05, 3.63) is 60.2 Å². The van der Waals surface area contributed by atoms with Gasteiger partial charge in [0.1, 0.15) is 29.9 Å². The molecule has 2 N–H and O–H groups in total. The summed E-state index contributed by atoms with van der Waals surface area (Å²) in [6, 6.07) is 3.38. The van der Waals surface area contributed by atoms with E-state index in [1.807, 2.05) is 6.92 Å². The SMILES string of the molecule is C[C@@H]1O[C@@]1(Cn1cncn1)c1cc(F)ccc1F.O=C(O)/C=C\C(=O)O. The van der Waals surface area contributed by atoms with Crippen LogP contribution in [0.4, 0.5) is 8.78 Å². The van der Waals surface area contributed by atoms with Crippen LogP contribution in [0.2, 0.25) is 0 Å². The number of aliphatic carboxylic acids is 2. The summed E-state index contributed by atoms with van der Waals surface area (Å²) in [6.45, 7) is 2.13. The highest BCUT2D eigenvalue weighted by Crippen LogP contribution is 2.48. The Morgan fingerprint density at radius 1 is 1.31 bits per heavy atom. The van der Waals surface area contributed by atoms with Crippen molar-refractivity contribution < 1.29 is 33.3 Å². The number of hydrogen-bond donors (Lipinski definition) is 2. The molecular formula is C16H15F2N3O5. The molecule has 2 heterocycles. The zero-order chi connectivity index (χ0) is 19.3. The third-order valence-corrected chi connectivity index (χ3v) is 3.60. The van der Waals surface area contributed by atoms with Gasteiger partial charge < -0.3 is 14.9 Å². The van der Waals surface area contributed by atoms with Crippen LogP contribution in [0.15, 0.2) is 43.0 Å². The average Bonchev–Trinajstić information content (AvgIpc) is 2.96. The van der Waals surface area contributed by atoms with Gasteiger partial charge in [-0.15, -0.1) is 0 Å². The maximum Gasteiger partial charge on any atom is 0.328 e. The fourth-order valence-electron chi connectivity index (χ4n) is 2.33. The van der Waals surface area contributed by atoms with Crippen LogP contribution < -0.4 is 0 Å². The number of hydrogen-bond acceptors (Lipinski definition) is 5. The quantitative estimate of drug-likeness (QED) is 0.608. The van der Waals surface area contributed by atoms with Gasteiger partial charge in [0.2, 0.25) is 0 Å². The Hall–Kier alpha value is -3.14. The zero-order valence-electron chi connectivity index (χ0n) is 13.5. The summed E-state index contributed by atoms with van der Waals surface area (Å²) in [5, 5.41) is 19.6. The van der Waals surface area contributed by atoms with Crippen molar-refractivity contribution in [2.24, 2.45) is 0 Å². The van der Waals surface area contributed by atoms with Gasteiger partial charge in [-0.05, 0) is 25.1 Å². The number of epoxide rings is 1. The first-order valence-electron chi connectivity index (χ1n) is 7.34. The summed E-state index contributed by atoms with van der Waals surface area (Å²) in [5.41, 5.74) is -0.620. The van der Waals surface area contributed by atoms with E-state index in [0.717, 1.165) is 12.1 Å². The molecule has 0 spiro atoms. The van der Waals surface area contributed by atoms with E-state index in [4.69, 9.17) is 14.9 Å². The molecule has 2 aromatic rings. The molecule has 0 unspecified atom stereocenters. The monoisotopic (exact) mass is 367 g/mol. The number of benzene rings is 1. The molecule has 8 nitrogen and oxygen atoms in total. The van der Waals surface area contributed by atoms with Gasteiger partial charge in [0.25, 0.3) is 0 Å². The van der Waals surface area contributed by atoms with E-state index in [2.05, 4.69) is 10.1 Å². The number of carboxylic acid groups (broad SMARTS) is 2. The minimum atomic E-state index is -1.26. The second kappa shape index (κ2) is 7.83. The molecule has 10 heteroatoms. The molecule has 0 aliphatic carbocycles. The zero-order valence-corrected chi connectivity index (χ0v) is 13.5. The topological polar surface area (TPSA) is 118 Å². The smallest absolute Gasteiger partial charge is 0.328 e. The molecule has 1 aromatic carbocycles. The molecule has 0 radical (unpaired) electrons. The fourth-order valence-corrected chi connectivity index (χ4v) is 2.33. The summed E-state index contributed by atoms with van der Waals surface area (Å²) >= 11 is 0. The first-order valence-corrected chi connectivity index (χ1v) is 7.34. The molecule has 2 atom stereocenters. The van der Waals surface area contributed by atoms with Crippen molar-refractivity contribution in [3.63, 3.8) is 0 Å². The lowest BCUT2D eigenvalue weighted by Gasteiger charge is -2.14. The molecule has 26 heavy (non-hydrogen) atoms. The van der Waals surface area contributed by atoms with E-state index in [1.165, 1.54) is 18.7 Å². The lowest BCUT2D eigenvalue weighted by Crippen LogP contribution is -2.22. The maximum absolute atomic E-state index is 13.8. The molecule has 0 amide bonds. The van der Waals surface area contributed by atoms with Gasteiger partial charge in [0, 0.05) is 17.7 Å². The van der Waals surface area contributed by atoms with Gasteiger partial charge in [0.05, 0.1) is 12.6 Å². The van der Waals surface area contributed by atoms with Crippen molar-refractivity contribution in [1.29, 1.82) is 0 Å². The average molecular weight is 367 g/mol. The van der Waals surface area contributed by atoms with Gasteiger partial charge in [-0.2, -0.15) is 5.10 Å². The summed E-state index contributed by atoms with van der Waals surface area (Å²) in [7, 11) is 0. The van der Waals surface area contributed by atoms with Gasteiger partial charge in [-0.25, -0.2) is 28.0 Å². The van der Waals surface area contributed by atoms with Crippen LogP contribution in [0.3, 0.4) is 0 Å². The Bertz CT molecular complexity index is 809. The van der Waals surface area contributed by atoms with Crippen LogP contribution in [-0.2, 0) is 26.5 Å². The Labute approximate surface area is 146 Å². The maximum atomic E-state index is 13.8. The molecule has 3 rings (SSSR count). The van der Waals surface area contributed by atoms with Crippen LogP contribution in [-0.4, -0.2) is 43.0 Å². The van der Waals surface area contributed by atoms with Crippen molar-refractivity contribution in [2.75, 3.05) is 0 Å². The number of aromatic nitrogens is 3. The summed E-state index contributed by atoms with van der Waals surface area (Å²) in [5.74, 6) is -3.47. The number of carboxylic acids is 2. The number of carbonyl (C=O) groups is 2. The number of nitrogens with zero attached hydrogens (tertiary/aromatic N) is 3. The number of halogens is 2. The highest BCUT2D eigenvalue weighted by atomic mass is 19.1. The van der Waals surface area contributed by atoms with Gasteiger partial charge in [0.15, 0.2) is 0 Å². The second-order valence-electron chi connectivity index (χ2n) is 5.38. The van der Waals surface area contributed by atoms with E-state index >= 15 is 0 Å². The summed E-state index contributed by atoms with van der Waals surface area (Å²) in [6.07, 6.45) is 3.85. The second-order valence-corrected chi connectivity index (χ2v) is 5.38. The third kappa shape index (κ3) is 4.70. The predicted molar refractivity (Wildman–Crippen MR) is 83.0 cm³/mol. The Kier molecular flexibility index (Phi) is 5.78. The normalized spacial score (nSPS) is 21.1. The standard InChI is InChI=1S/C12H11F2N3O.C4H4O4/c1-8-12(18-8,5-17-7-15-6-16-17)10-4-9(13)2-3-11(10)14;5-3(6)1-2-4(7)8/h2-4,6-8H,5H2,1H3;1-2H,(H,5,6)(H,7,8)/b;2-1-/t8-,12+;/m0./s1. The Morgan fingerprint density at radius 3 is 2.38 bits per heavy atom. The van der Waals surface area contributed by atoms with Gasteiger partial charge >= 0.3 is 11.9 Å². The highest BCUT2D eigenvalue weighted by molar-refractivity contribution is 5.89. The minimum absolute atomic E-state index is 0.182. The van der Waals surface area contributed by atoms with E-state index in [9.17, 15) is 18.4 Å². The van der Waals surface area contributed by atoms with E-state index in [-0.39, 0.29) is 11.7 Å². The number of rotatable bonds is 5. The first-order chi connectivity index (χ1) is 12.2. The van der Waals surface area contributed by atoms with Crippen molar-refractivity contribution in [3.8, 4) is 0 Å². The molecule has 1 saturated heterocycles. The largest absolute Gasteiger partial charge is 0.478 e. The first kappa shape index (κ1) is 19.2. The van der Waals surface area contributed by atoms with Crippen LogP contribution >= 0.6 is 0 Å². The molecular weight excluding hydrogens is 352 g/mol. The summed E-state index contributed by atoms with van der Waals surface area (Å²) < 4.78 is 34.1. The van der Waals surface area contributed by atoms with Gasteiger partial charge in [-0.3, -0.25) is 0 Å². The Morgan fingerprint density at radius 2 is 1.92 bits per heavy atom. The minimum Gasteiger partial charge on any atom is -0.478 e. The fraction of sp³-hybridized carbons (Fsp3) is 0.250. The molecule has 1 aliphatic heterocycles.